The van der Waals surface area contributed by atoms with E-state index >= 15 is 0 Å². The van der Waals surface area contributed by atoms with E-state index in [1.807, 2.05) is 0 Å². The molecule has 4 nitrogen and oxygen atoms in total. The predicted molar refractivity (Wildman–Crippen MR) is 57.1 cm³/mol. The summed E-state index contributed by atoms with van der Waals surface area (Å²) in [5.74, 6) is 0.492. The van der Waals surface area contributed by atoms with Crippen molar-refractivity contribution in [3.8, 4) is 0 Å². The lowest BCUT2D eigenvalue weighted by Crippen LogP contribution is -2.36. The quantitative estimate of drug-likeness (QED) is 0.714. The van der Waals surface area contributed by atoms with Crippen LogP contribution in [0.15, 0.2) is 0 Å². The fourth-order valence-corrected chi connectivity index (χ4v) is 2.79. The zero-order valence-electron chi connectivity index (χ0n) is 9.76. The van der Waals surface area contributed by atoms with Crippen molar-refractivity contribution < 1.29 is 18.9 Å². The van der Waals surface area contributed by atoms with Crippen molar-refractivity contribution in [3.05, 3.63) is 0 Å². The van der Waals surface area contributed by atoms with Crippen LogP contribution in [0.3, 0.4) is 0 Å². The van der Waals surface area contributed by atoms with E-state index in [-0.39, 0.29) is 24.6 Å². The molecule has 5 atom stereocenters. The summed E-state index contributed by atoms with van der Waals surface area (Å²) in [6.07, 6.45) is 3.74. The molecule has 0 aromatic rings. The van der Waals surface area contributed by atoms with Gasteiger partial charge in [0.1, 0.15) is 12.2 Å². The van der Waals surface area contributed by atoms with Crippen molar-refractivity contribution in [1.29, 1.82) is 0 Å². The maximum Gasteiger partial charge on any atom is 0.158 e. The summed E-state index contributed by atoms with van der Waals surface area (Å²) in [4.78, 5) is 0. The normalized spacial score (nSPS) is 48.2. The lowest BCUT2D eigenvalue weighted by Gasteiger charge is -2.27. The van der Waals surface area contributed by atoms with Crippen LogP contribution in [0.5, 0.6) is 0 Å². The second kappa shape index (κ2) is 4.61. The molecule has 92 valence electrons. The van der Waals surface area contributed by atoms with Crippen molar-refractivity contribution >= 4 is 0 Å². The highest BCUT2D eigenvalue weighted by Crippen LogP contribution is 2.33. The van der Waals surface area contributed by atoms with Crippen molar-refractivity contribution in [3.63, 3.8) is 0 Å². The second-order valence-corrected chi connectivity index (χ2v) is 5.04. The van der Waals surface area contributed by atoms with Crippen LogP contribution in [-0.4, -0.2) is 44.4 Å². The molecule has 3 fully saturated rings. The number of fused-ring (bicyclic) bond motifs is 1. The Balaban J connectivity index is 1.55. The van der Waals surface area contributed by atoms with Crippen LogP contribution in [0.1, 0.15) is 26.2 Å². The highest BCUT2D eigenvalue weighted by molar-refractivity contribution is 4.93. The van der Waals surface area contributed by atoms with Gasteiger partial charge in [-0.05, 0) is 19.3 Å². The first-order valence-electron chi connectivity index (χ1n) is 6.35. The average molecular weight is 228 g/mol. The topological polar surface area (TPSA) is 36.9 Å². The van der Waals surface area contributed by atoms with Gasteiger partial charge in [0.05, 0.1) is 19.3 Å². The fraction of sp³-hybridized carbons (Fsp3) is 1.00. The van der Waals surface area contributed by atoms with E-state index in [1.54, 1.807) is 0 Å². The second-order valence-electron chi connectivity index (χ2n) is 5.04. The highest BCUT2D eigenvalue weighted by Gasteiger charge is 2.47. The first-order valence-corrected chi connectivity index (χ1v) is 6.35. The number of hydrogen-bond donors (Lipinski definition) is 0. The summed E-state index contributed by atoms with van der Waals surface area (Å²) in [7, 11) is 0. The number of hydrogen-bond acceptors (Lipinski definition) is 4. The molecule has 0 aliphatic carbocycles. The van der Waals surface area contributed by atoms with E-state index in [9.17, 15) is 0 Å². The van der Waals surface area contributed by atoms with Gasteiger partial charge in [-0.15, -0.1) is 0 Å². The Morgan fingerprint density at radius 1 is 1.00 bits per heavy atom. The smallest absolute Gasteiger partial charge is 0.158 e. The minimum atomic E-state index is -0.0411. The number of rotatable bonds is 2. The molecular weight excluding hydrogens is 208 g/mol. The van der Waals surface area contributed by atoms with Crippen molar-refractivity contribution in [1.82, 2.24) is 0 Å². The van der Waals surface area contributed by atoms with E-state index in [1.165, 1.54) is 6.42 Å². The van der Waals surface area contributed by atoms with Crippen LogP contribution in [0, 0.1) is 5.92 Å². The van der Waals surface area contributed by atoms with Gasteiger partial charge in [0.15, 0.2) is 6.29 Å². The Kier molecular flexibility index (Phi) is 3.16. The van der Waals surface area contributed by atoms with E-state index < -0.39 is 0 Å². The SMILES string of the molecule is C[C@@H]1CO[C@H]2[C@@H]1OC[C@H]2OC1CCCCO1. The Labute approximate surface area is 96.2 Å². The van der Waals surface area contributed by atoms with E-state index in [0.29, 0.717) is 12.5 Å². The Morgan fingerprint density at radius 2 is 1.88 bits per heavy atom. The molecule has 0 aromatic carbocycles. The van der Waals surface area contributed by atoms with Crippen LogP contribution in [0.25, 0.3) is 0 Å². The molecule has 0 amide bonds. The lowest BCUT2D eigenvalue weighted by atomic mass is 10.0. The average Bonchev–Trinajstić information content (AvgIpc) is 2.86. The first-order chi connectivity index (χ1) is 7.84. The fourth-order valence-electron chi connectivity index (χ4n) is 2.79. The van der Waals surface area contributed by atoms with E-state index in [4.69, 9.17) is 18.9 Å². The monoisotopic (exact) mass is 228 g/mol. The van der Waals surface area contributed by atoms with Crippen LogP contribution in [0.2, 0.25) is 0 Å². The zero-order valence-corrected chi connectivity index (χ0v) is 9.76. The Hall–Kier alpha value is -0.160. The standard InChI is InChI=1S/C12H20O4/c1-8-6-14-12-9(7-15-11(8)12)16-10-4-2-3-5-13-10/h8-12H,2-7H2,1H3/t8-,9-,10?,11-,12-/m1/s1. The summed E-state index contributed by atoms with van der Waals surface area (Å²) in [6.45, 7) is 4.44. The zero-order chi connectivity index (χ0) is 11.0. The van der Waals surface area contributed by atoms with Gasteiger partial charge in [0.2, 0.25) is 0 Å². The molecule has 3 rings (SSSR count). The largest absolute Gasteiger partial charge is 0.372 e. The Bertz CT molecular complexity index is 239. The van der Waals surface area contributed by atoms with E-state index in [2.05, 4.69) is 6.92 Å². The molecule has 3 heterocycles. The maximum absolute atomic E-state index is 5.94. The van der Waals surface area contributed by atoms with Gasteiger partial charge in [0.25, 0.3) is 0 Å². The molecule has 3 aliphatic rings. The molecule has 1 unspecified atom stereocenters. The molecule has 0 spiro atoms. The third-order valence-electron chi connectivity index (χ3n) is 3.72. The number of ether oxygens (including phenoxy) is 4. The maximum atomic E-state index is 5.94. The first kappa shape index (κ1) is 11.0. The van der Waals surface area contributed by atoms with Gasteiger partial charge in [-0.2, -0.15) is 0 Å². The van der Waals surface area contributed by atoms with Gasteiger partial charge in [0, 0.05) is 12.5 Å². The molecule has 4 heteroatoms. The third kappa shape index (κ3) is 1.99. The van der Waals surface area contributed by atoms with Gasteiger partial charge in [-0.25, -0.2) is 0 Å². The minimum Gasteiger partial charge on any atom is -0.372 e. The summed E-state index contributed by atoms with van der Waals surface area (Å²) in [5, 5.41) is 0. The lowest BCUT2D eigenvalue weighted by molar-refractivity contribution is -0.202. The summed E-state index contributed by atoms with van der Waals surface area (Å²) in [5.41, 5.74) is 0. The summed E-state index contributed by atoms with van der Waals surface area (Å²) < 4.78 is 23.0. The summed E-state index contributed by atoms with van der Waals surface area (Å²) >= 11 is 0. The van der Waals surface area contributed by atoms with E-state index in [0.717, 1.165) is 26.1 Å². The molecule has 0 radical (unpaired) electrons. The van der Waals surface area contributed by atoms with Crippen molar-refractivity contribution in [2.24, 2.45) is 5.92 Å². The van der Waals surface area contributed by atoms with Gasteiger partial charge >= 0.3 is 0 Å². The van der Waals surface area contributed by atoms with Gasteiger partial charge < -0.3 is 18.9 Å². The molecule has 3 aliphatic heterocycles. The molecule has 16 heavy (non-hydrogen) atoms. The molecule has 0 saturated carbocycles. The molecule has 0 aromatic heterocycles. The molecular formula is C12H20O4. The third-order valence-corrected chi connectivity index (χ3v) is 3.72. The van der Waals surface area contributed by atoms with Crippen LogP contribution in [-0.2, 0) is 18.9 Å². The predicted octanol–water partition coefficient (Wildman–Crippen LogP) is 1.33. The van der Waals surface area contributed by atoms with Gasteiger partial charge in [-0.3, -0.25) is 0 Å². The molecule has 0 N–H and O–H groups in total. The summed E-state index contributed by atoms with van der Waals surface area (Å²) in [6, 6.07) is 0. The van der Waals surface area contributed by atoms with Crippen molar-refractivity contribution in [2.45, 2.75) is 50.8 Å². The van der Waals surface area contributed by atoms with Crippen molar-refractivity contribution in [2.75, 3.05) is 19.8 Å². The van der Waals surface area contributed by atoms with Crippen LogP contribution in [0.4, 0.5) is 0 Å². The molecule has 3 saturated heterocycles. The minimum absolute atomic E-state index is 0.0411. The van der Waals surface area contributed by atoms with Crippen LogP contribution < -0.4 is 0 Å². The van der Waals surface area contributed by atoms with Crippen LogP contribution >= 0.6 is 0 Å². The highest BCUT2D eigenvalue weighted by atomic mass is 16.7. The van der Waals surface area contributed by atoms with Gasteiger partial charge in [-0.1, -0.05) is 6.92 Å². The Morgan fingerprint density at radius 3 is 2.69 bits per heavy atom. The molecule has 0 bridgehead atoms.